The highest BCUT2D eigenvalue weighted by Crippen LogP contribution is 2.28. The van der Waals surface area contributed by atoms with Gasteiger partial charge in [-0.2, -0.15) is 18.2 Å². The Kier molecular flexibility index (Phi) is 5.12. The number of likely N-dealkylation sites (tertiary alicyclic amines) is 1. The Balaban J connectivity index is 1.41. The minimum atomic E-state index is -4.56. The van der Waals surface area contributed by atoms with E-state index in [1.54, 1.807) is 4.90 Å². The Morgan fingerprint density at radius 3 is 2.93 bits per heavy atom. The van der Waals surface area contributed by atoms with E-state index in [0.29, 0.717) is 25.9 Å². The Labute approximate surface area is 164 Å². The van der Waals surface area contributed by atoms with Gasteiger partial charge in [-0.1, -0.05) is 18.2 Å². The van der Waals surface area contributed by atoms with Crippen LogP contribution in [0.5, 0.6) is 6.01 Å². The van der Waals surface area contributed by atoms with Crippen LogP contribution in [0, 0.1) is 0 Å². The molecule has 6 nitrogen and oxygen atoms in total. The number of aromatic amines is 1. The van der Waals surface area contributed by atoms with Crippen molar-refractivity contribution in [2.24, 2.45) is 0 Å². The minimum Gasteiger partial charge on any atom is -0.458 e. The number of nitrogens with one attached hydrogen (secondary N) is 1. The third-order valence-corrected chi connectivity index (χ3v) is 4.94. The molecule has 0 bridgehead atoms. The fourth-order valence-corrected chi connectivity index (χ4v) is 3.52. The Morgan fingerprint density at radius 1 is 1.28 bits per heavy atom. The first kappa shape index (κ1) is 19.2. The summed E-state index contributed by atoms with van der Waals surface area (Å²) in [5, 5.41) is 1.00. The van der Waals surface area contributed by atoms with Gasteiger partial charge in [0.15, 0.2) is 5.69 Å². The maximum Gasteiger partial charge on any atom is 0.433 e. The van der Waals surface area contributed by atoms with Crippen LogP contribution >= 0.6 is 0 Å². The van der Waals surface area contributed by atoms with Crippen molar-refractivity contribution >= 4 is 16.8 Å². The van der Waals surface area contributed by atoms with Gasteiger partial charge in [0, 0.05) is 29.8 Å². The number of para-hydroxylation sites is 1. The van der Waals surface area contributed by atoms with Gasteiger partial charge in [-0.25, -0.2) is 4.98 Å². The van der Waals surface area contributed by atoms with Crippen molar-refractivity contribution in [3.05, 3.63) is 54.0 Å². The first-order chi connectivity index (χ1) is 13.9. The Bertz CT molecular complexity index is 1020. The summed E-state index contributed by atoms with van der Waals surface area (Å²) in [5.74, 6) is -0.0481. The molecule has 0 saturated carbocycles. The van der Waals surface area contributed by atoms with Crippen LogP contribution in [-0.2, 0) is 17.4 Å². The van der Waals surface area contributed by atoms with E-state index in [-0.39, 0.29) is 18.3 Å². The number of carbonyl (C=O) groups is 1. The van der Waals surface area contributed by atoms with E-state index < -0.39 is 18.0 Å². The summed E-state index contributed by atoms with van der Waals surface area (Å²) in [6.45, 7) is 0.880. The number of nitrogens with zero attached hydrogens (tertiary/aromatic N) is 3. The third-order valence-electron chi connectivity index (χ3n) is 4.94. The van der Waals surface area contributed by atoms with Crippen LogP contribution in [0.2, 0.25) is 0 Å². The van der Waals surface area contributed by atoms with Gasteiger partial charge >= 0.3 is 12.2 Å². The molecule has 1 aliphatic heterocycles. The molecule has 1 atom stereocenters. The van der Waals surface area contributed by atoms with Gasteiger partial charge in [0.25, 0.3) is 0 Å². The van der Waals surface area contributed by atoms with Crippen molar-refractivity contribution in [3.63, 3.8) is 0 Å². The van der Waals surface area contributed by atoms with E-state index in [9.17, 15) is 18.0 Å². The summed E-state index contributed by atoms with van der Waals surface area (Å²) in [5.41, 5.74) is 0.831. The maximum absolute atomic E-state index is 12.8. The second-order valence-electron chi connectivity index (χ2n) is 6.98. The van der Waals surface area contributed by atoms with Gasteiger partial charge < -0.3 is 14.6 Å². The molecule has 2 aromatic heterocycles. The number of hydrogen-bond acceptors (Lipinski definition) is 4. The highest BCUT2D eigenvalue weighted by atomic mass is 19.4. The van der Waals surface area contributed by atoms with E-state index in [4.69, 9.17) is 4.74 Å². The summed E-state index contributed by atoms with van der Waals surface area (Å²) >= 11 is 0. The van der Waals surface area contributed by atoms with Crippen molar-refractivity contribution in [1.82, 2.24) is 19.9 Å². The van der Waals surface area contributed by atoms with Crippen LogP contribution in [0.25, 0.3) is 10.9 Å². The third kappa shape index (κ3) is 4.33. The molecule has 3 heterocycles. The van der Waals surface area contributed by atoms with Crippen LogP contribution in [0.3, 0.4) is 0 Å². The number of rotatable bonds is 4. The standard InChI is InChI=1S/C20H19F3N4O2/c21-20(22,23)17-7-8-24-19(26-17)29-14-4-3-9-27(12-14)18(28)10-13-11-25-16-6-2-1-5-15(13)16/h1-2,5-8,11,14,25H,3-4,9-10,12H2. The molecule has 9 heteroatoms. The largest absolute Gasteiger partial charge is 0.458 e. The van der Waals surface area contributed by atoms with Crippen molar-refractivity contribution in [2.75, 3.05) is 13.1 Å². The molecule has 152 valence electrons. The zero-order valence-corrected chi connectivity index (χ0v) is 15.4. The molecule has 1 amide bonds. The second-order valence-corrected chi connectivity index (χ2v) is 6.98. The zero-order valence-electron chi connectivity index (χ0n) is 15.4. The summed E-state index contributed by atoms with van der Waals surface area (Å²) in [6.07, 6.45) is -0.588. The number of benzene rings is 1. The van der Waals surface area contributed by atoms with E-state index in [1.807, 2.05) is 30.5 Å². The summed E-state index contributed by atoms with van der Waals surface area (Å²) in [6, 6.07) is 8.22. The van der Waals surface area contributed by atoms with Gasteiger partial charge in [-0.3, -0.25) is 4.79 Å². The Morgan fingerprint density at radius 2 is 2.10 bits per heavy atom. The van der Waals surface area contributed by atoms with Gasteiger partial charge in [0.05, 0.1) is 13.0 Å². The van der Waals surface area contributed by atoms with Crippen LogP contribution in [-0.4, -0.2) is 45.0 Å². The second kappa shape index (κ2) is 7.73. The van der Waals surface area contributed by atoms with Crippen LogP contribution in [0.1, 0.15) is 24.1 Å². The lowest BCUT2D eigenvalue weighted by Crippen LogP contribution is -2.45. The SMILES string of the molecule is O=C(Cc1c[nH]c2ccccc12)N1CCCC(Oc2nccc(C(F)(F)F)n2)C1. The topological polar surface area (TPSA) is 71.1 Å². The van der Waals surface area contributed by atoms with E-state index >= 15 is 0 Å². The quantitative estimate of drug-likeness (QED) is 0.722. The monoisotopic (exact) mass is 404 g/mol. The highest BCUT2D eigenvalue weighted by Gasteiger charge is 2.33. The van der Waals surface area contributed by atoms with Crippen molar-refractivity contribution in [1.29, 1.82) is 0 Å². The van der Waals surface area contributed by atoms with Crippen molar-refractivity contribution in [3.8, 4) is 6.01 Å². The number of amides is 1. The van der Waals surface area contributed by atoms with E-state index in [1.165, 1.54) is 0 Å². The smallest absolute Gasteiger partial charge is 0.433 e. The molecule has 1 N–H and O–H groups in total. The average molecular weight is 404 g/mol. The molecule has 1 unspecified atom stereocenters. The van der Waals surface area contributed by atoms with E-state index in [2.05, 4.69) is 15.0 Å². The van der Waals surface area contributed by atoms with Gasteiger partial charge in [-0.15, -0.1) is 0 Å². The van der Waals surface area contributed by atoms with Gasteiger partial charge in [0.1, 0.15) is 6.10 Å². The number of halogens is 3. The lowest BCUT2D eigenvalue weighted by Gasteiger charge is -2.32. The number of aromatic nitrogens is 3. The molecule has 29 heavy (non-hydrogen) atoms. The number of hydrogen-bond donors (Lipinski definition) is 1. The molecule has 4 rings (SSSR count). The molecule has 0 aliphatic carbocycles. The molecule has 0 radical (unpaired) electrons. The molecule has 0 spiro atoms. The molecule has 3 aromatic rings. The molecule has 1 aliphatic rings. The number of alkyl halides is 3. The van der Waals surface area contributed by atoms with Crippen molar-refractivity contribution < 1.29 is 22.7 Å². The predicted molar refractivity (Wildman–Crippen MR) is 99.3 cm³/mol. The first-order valence-corrected chi connectivity index (χ1v) is 9.30. The summed E-state index contributed by atoms with van der Waals surface area (Å²) < 4.78 is 44.0. The molecule has 1 saturated heterocycles. The van der Waals surface area contributed by atoms with Crippen LogP contribution < -0.4 is 4.74 Å². The fourth-order valence-electron chi connectivity index (χ4n) is 3.52. The number of H-pyrrole nitrogens is 1. The van der Waals surface area contributed by atoms with Gasteiger partial charge in [-0.05, 0) is 30.5 Å². The summed E-state index contributed by atoms with van der Waals surface area (Å²) in [4.78, 5) is 24.8. The molecular formula is C20H19F3N4O2. The lowest BCUT2D eigenvalue weighted by atomic mass is 10.1. The molecule has 1 aromatic carbocycles. The zero-order chi connectivity index (χ0) is 20.4. The minimum absolute atomic E-state index is 0.0481. The average Bonchev–Trinajstić information content (AvgIpc) is 3.11. The van der Waals surface area contributed by atoms with Crippen molar-refractivity contribution in [2.45, 2.75) is 31.5 Å². The predicted octanol–water partition coefficient (Wildman–Crippen LogP) is 3.59. The maximum atomic E-state index is 12.8. The number of fused-ring (bicyclic) bond motifs is 1. The first-order valence-electron chi connectivity index (χ1n) is 9.30. The number of ether oxygens (including phenoxy) is 1. The highest BCUT2D eigenvalue weighted by molar-refractivity contribution is 5.88. The van der Waals surface area contributed by atoms with Gasteiger partial charge in [0.2, 0.25) is 5.91 Å². The number of carbonyl (C=O) groups excluding carboxylic acids is 1. The van der Waals surface area contributed by atoms with Crippen LogP contribution in [0.4, 0.5) is 13.2 Å². The Hall–Kier alpha value is -3.10. The lowest BCUT2D eigenvalue weighted by molar-refractivity contribution is -0.141. The molecular weight excluding hydrogens is 385 g/mol. The summed E-state index contributed by atoms with van der Waals surface area (Å²) in [7, 11) is 0. The number of piperidine rings is 1. The van der Waals surface area contributed by atoms with Crippen LogP contribution in [0.15, 0.2) is 42.7 Å². The molecule has 1 fully saturated rings. The normalized spacial score (nSPS) is 17.5. The fraction of sp³-hybridized carbons (Fsp3) is 0.350. The van der Waals surface area contributed by atoms with E-state index in [0.717, 1.165) is 28.7 Å².